The number of hydrogen-bond donors (Lipinski definition) is 1. The number of carbonyl (C=O) groups is 1. The van der Waals surface area contributed by atoms with Crippen LogP contribution in [-0.2, 0) is 4.79 Å². The minimum atomic E-state index is -0.266. The largest absolute Gasteiger partial charge is 0.497 e. The van der Waals surface area contributed by atoms with Gasteiger partial charge in [-0.05, 0) is 49.4 Å². The van der Waals surface area contributed by atoms with Gasteiger partial charge >= 0.3 is 0 Å². The molecule has 0 saturated carbocycles. The highest BCUT2D eigenvalue weighted by molar-refractivity contribution is 8.00. The van der Waals surface area contributed by atoms with Gasteiger partial charge in [-0.1, -0.05) is 30.3 Å². The maximum Gasteiger partial charge on any atom is 0.225 e. The summed E-state index contributed by atoms with van der Waals surface area (Å²) in [6.45, 7) is 6.75. The fraction of sp³-hybridized carbons (Fsp3) is 0.435. The average Bonchev–Trinajstić information content (AvgIpc) is 3.14. The third-order valence-electron chi connectivity index (χ3n) is 5.22. The molecule has 2 aromatic carbocycles. The van der Waals surface area contributed by atoms with Gasteiger partial charge < -0.3 is 19.5 Å². The third-order valence-corrected chi connectivity index (χ3v) is 6.72. The van der Waals surface area contributed by atoms with Gasteiger partial charge in [0.05, 0.1) is 26.0 Å². The van der Waals surface area contributed by atoms with Gasteiger partial charge in [0, 0.05) is 35.5 Å². The van der Waals surface area contributed by atoms with Crippen molar-refractivity contribution in [3.63, 3.8) is 0 Å². The van der Waals surface area contributed by atoms with E-state index in [0.29, 0.717) is 23.9 Å². The maximum atomic E-state index is 12.6. The molecule has 0 bridgehead atoms. The number of rotatable bonds is 10. The fourth-order valence-corrected chi connectivity index (χ4v) is 5.27. The van der Waals surface area contributed by atoms with Crippen molar-refractivity contribution < 1.29 is 19.4 Å². The normalized spacial score (nSPS) is 14.8. The Morgan fingerprint density at radius 1 is 1.25 bits per heavy atom. The molecule has 0 saturated heterocycles. The molecule has 1 unspecified atom stereocenters. The van der Waals surface area contributed by atoms with Gasteiger partial charge in [-0.25, -0.2) is 0 Å². The van der Waals surface area contributed by atoms with Crippen LogP contribution in [0.15, 0.2) is 41.3 Å². The zero-order valence-corrected chi connectivity index (χ0v) is 20.9. The Kier molecular flexibility index (Phi) is 10.4. The zero-order chi connectivity index (χ0) is 22.4. The third kappa shape index (κ3) is 6.23. The number of benzene rings is 2. The number of aliphatic hydroxyl groups is 1. The lowest BCUT2D eigenvalue weighted by Gasteiger charge is -2.26. The summed E-state index contributed by atoms with van der Waals surface area (Å²) in [5.41, 5.74) is 1.73. The molecule has 1 N–H and O–H groups in total. The van der Waals surface area contributed by atoms with Gasteiger partial charge in [0.25, 0.3) is 0 Å². The second-order valence-corrected chi connectivity index (χ2v) is 8.79. The topological polar surface area (TPSA) is 62.2 Å². The van der Waals surface area contributed by atoms with Gasteiger partial charge in [-0.15, -0.1) is 12.4 Å². The van der Waals surface area contributed by atoms with Crippen LogP contribution < -0.4 is 14.4 Å². The van der Waals surface area contributed by atoms with E-state index >= 15 is 0 Å². The van der Waals surface area contributed by atoms with E-state index in [1.807, 2.05) is 30.3 Å². The quantitative estimate of drug-likeness (QED) is 0.462. The highest BCUT2D eigenvalue weighted by atomic mass is 35.5. The Balaban J connectivity index is 0.00000363. The Morgan fingerprint density at radius 2 is 2.03 bits per heavy atom. The van der Waals surface area contributed by atoms with Crippen LogP contribution in [-0.4, -0.2) is 55.9 Å². The van der Waals surface area contributed by atoms with Crippen molar-refractivity contribution >= 4 is 47.4 Å². The average molecular weight is 501 g/mol. The molecule has 6 nitrogen and oxygen atoms in total. The molecule has 0 radical (unpaired) electrons. The van der Waals surface area contributed by atoms with E-state index in [-0.39, 0.29) is 30.3 Å². The number of amides is 1. The Bertz CT molecular complexity index is 916. The molecule has 0 aliphatic carbocycles. The second kappa shape index (κ2) is 12.6. The summed E-state index contributed by atoms with van der Waals surface area (Å²) < 4.78 is 11.6. The van der Waals surface area contributed by atoms with Crippen molar-refractivity contribution in [2.45, 2.75) is 30.5 Å². The van der Waals surface area contributed by atoms with Crippen molar-refractivity contribution in [2.75, 3.05) is 44.9 Å². The van der Waals surface area contributed by atoms with Crippen LogP contribution in [0.2, 0.25) is 5.02 Å². The summed E-state index contributed by atoms with van der Waals surface area (Å²) >= 11 is 7.76. The number of aliphatic hydroxyl groups excluding tert-OH is 1. The minimum absolute atomic E-state index is 0. The van der Waals surface area contributed by atoms with E-state index in [4.69, 9.17) is 26.2 Å². The van der Waals surface area contributed by atoms with Crippen LogP contribution in [0.3, 0.4) is 0 Å². The molecule has 32 heavy (non-hydrogen) atoms. The number of nitrogens with zero attached hydrogens (tertiary/aromatic N) is 2. The smallest absolute Gasteiger partial charge is 0.225 e. The number of carbonyl (C=O) groups excluding carboxylic acids is 1. The Hall–Kier alpha value is -1.64. The molecule has 1 aliphatic heterocycles. The van der Waals surface area contributed by atoms with E-state index < -0.39 is 0 Å². The number of thioether (sulfide) groups is 1. The number of methoxy groups -OCH3 is 1. The monoisotopic (exact) mass is 500 g/mol. The number of halogens is 2. The van der Waals surface area contributed by atoms with Crippen molar-refractivity contribution in [2.24, 2.45) is 0 Å². The van der Waals surface area contributed by atoms with E-state index in [1.54, 1.807) is 36.8 Å². The molecule has 9 heteroatoms. The van der Waals surface area contributed by atoms with Crippen molar-refractivity contribution in [1.29, 1.82) is 0 Å². The van der Waals surface area contributed by atoms with Crippen LogP contribution in [0.4, 0.5) is 5.69 Å². The molecule has 1 heterocycles. The number of fused-ring (bicyclic) bond motifs is 1. The van der Waals surface area contributed by atoms with E-state index in [9.17, 15) is 4.79 Å². The molecule has 1 atom stereocenters. The number of likely N-dealkylation sites (N-methyl/N-ethyl adjacent to an activating group) is 1. The van der Waals surface area contributed by atoms with E-state index in [0.717, 1.165) is 41.4 Å². The van der Waals surface area contributed by atoms with Gasteiger partial charge in [0.15, 0.2) is 0 Å². The van der Waals surface area contributed by atoms with Crippen molar-refractivity contribution in [3.05, 3.63) is 47.0 Å². The number of ether oxygens (including phenoxy) is 2. The SMILES string of the molecule is CCN(CCO)CCCOc1ccc(OC)cc1C1Sc2cc(Cl)ccc2N1C(C)=O.Cl. The molecule has 0 spiro atoms. The first-order chi connectivity index (χ1) is 15.0. The van der Waals surface area contributed by atoms with Crippen LogP contribution in [0.5, 0.6) is 11.5 Å². The summed E-state index contributed by atoms with van der Waals surface area (Å²) in [4.78, 5) is 17.5. The van der Waals surface area contributed by atoms with Crippen molar-refractivity contribution in [3.8, 4) is 11.5 Å². The number of hydrogen-bond acceptors (Lipinski definition) is 6. The predicted molar refractivity (Wildman–Crippen MR) is 133 cm³/mol. The molecule has 1 aliphatic rings. The number of anilines is 1. The van der Waals surface area contributed by atoms with Crippen LogP contribution in [0.1, 0.15) is 31.2 Å². The van der Waals surface area contributed by atoms with Crippen LogP contribution >= 0.6 is 35.8 Å². The van der Waals surface area contributed by atoms with Gasteiger partial charge in [-0.2, -0.15) is 0 Å². The van der Waals surface area contributed by atoms with Crippen LogP contribution in [0, 0.1) is 0 Å². The van der Waals surface area contributed by atoms with E-state index in [2.05, 4.69) is 11.8 Å². The summed E-state index contributed by atoms with van der Waals surface area (Å²) in [7, 11) is 1.62. The maximum absolute atomic E-state index is 12.6. The second-order valence-electron chi connectivity index (χ2n) is 7.23. The first kappa shape index (κ1) is 26.6. The minimum Gasteiger partial charge on any atom is -0.497 e. The lowest BCUT2D eigenvalue weighted by molar-refractivity contribution is -0.116. The summed E-state index contributed by atoms with van der Waals surface area (Å²) in [6.07, 6.45) is 0.837. The van der Waals surface area contributed by atoms with E-state index in [1.165, 1.54) is 0 Å². The standard InChI is InChI=1S/C23H29ClN2O4S.ClH/c1-4-25(11-12-27)10-5-13-30-21-9-7-18(29-3)15-19(21)23-26(16(2)28)20-8-6-17(24)14-22(20)31-23;/h6-9,14-15,23,27H,4-5,10-13H2,1-3H3;1H. The predicted octanol–water partition coefficient (Wildman–Crippen LogP) is 5.01. The Morgan fingerprint density at radius 3 is 2.69 bits per heavy atom. The van der Waals surface area contributed by atoms with Gasteiger partial charge in [-0.3, -0.25) is 9.69 Å². The lowest BCUT2D eigenvalue weighted by atomic mass is 10.1. The molecular formula is C23H30Cl2N2O4S. The highest BCUT2D eigenvalue weighted by Crippen LogP contribution is 2.54. The molecule has 3 rings (SSSR count). The Labute approximate surface area is 205 Å². The highest BCUT2D eigenvalue weighted by Gasteiger charge is 2.36. The molecule has 2 aromatic rings. The summed E-state index contributed by atoms with van der Waals surface area (Å²) in [5.74, 6) is 1.39. The zero-order valence-electron chi connectivity index (χ0n) is 18.5. The van der Waals surface area contributed by atoms with Crippen LogP contribution in [0.25, 0.3) is 0 Å². The van der Waals surface area contributed by atoms with Crippen molar-refractivity contribution in [1.82, 2.24) is 4.90 Å². The summed E-state index contributed by atoms with van der Waals surface area (Å²) in [5, 5.41) is 9.52. The first-order valence-corrected chi connectivity index (χ1v) is 11.6. The summed E-state index contributed by atoms with van der Waals surface area (Å²) in [6, 6.07) is 11.3. The first-order valence-electron chi connectivity index (χ1n) is 10.4. The lowest BCUT2D eigenvalue weighted by Crippen LogP contribution is -2.29. The molecule has 0 aromatic heterocycles. The van der Waals surface area contributed by atoms with Gasteiger partial charge in [0.2, 0.25) is 5.91 Å². The molecule has 1 amide bonds. The molecule has 176 valence electrons. The van der Waals surface area contributed by atoms with Gasteiger partial charge in [0.1, 0.15) is 16.9 Å². The molecular weight excluding hydrogens is 471 g/mol. The fourth-order valence-electron chi connectivity index (χ4n) is 3.64. The molecule has 0 fully saturated rings.